The van der Waals surface area contributed by atoms with Crippen LogP contribution in [0.4, 0.5) is 0 Å². The van der Waals surface area contributed by atoms with Crippen LogP contribution < -0.4 is 0 Å². The molecule has 0 heterocycles. The lowest BCUT2D eigenvalue weighted by Gasteiger charge is -2.38. The molecule has 0 saturated heterocycles. The Bertz CT molecular complexity index is 354. The minimum atomic E-state index is 0.592. The molecule has 3 saturated carbocycles. The molecule has 0 aromatic heterocycles. The molecule has 3 aliphatic rings. The molecule has 152 valence electrons. The molecule has 0 spiro atoms. The lowest BCUT2D eigenvalue weighted by atomic mass is 9.69. The summed E-state index contributed by atoms with van der Waals surface area (Å²) < 4.78 is 6.37. The predicted octanol–water partition coefficient (Wildman–Crippen LogP) is 7.77. The summed E-state index contributed by atoms with van der Waals surface area (Å²) in [7, 11) is 0. The highest BCUT2D eigenvalue weighted by atomic mass is 16.5. The van der Waals surface area contributed by atoms with Gasteiger partial charge in [0.2, 0.25) is 0 Å². The van der Waals surface area contributed by atoms with Crippen molar-refractivity contribution >= 4 is 0 Å². The van der Waals surface area contributed by atoms with Gasteiger partial charge >= 0.3 is 0 Å². The largest absolute Gasteiger partial charge is 0.378 e. The topological polar surface area (TPSA) is 9.23 Å². The summed E-state index contributed by atoms with van der Waals surface area (Å²) in [6.45, 7) is 5.75. The van der Waals surface area contributed by atoms with Gasteiger partial charge in [-0.1, -0.05) is 52.4 Å². The van der Waals surface area contributed by atoms with Crippen molar-refractivity contribution in [3.8, 4) is 0 Å². The van der Waals surface area contributed by atoms with E-state index in [4.69, 9.17) is 4.74 Å². The van der Waals surface area contributed by atoms with Gasteiger partial charge in [0.1, 0.15) is 0 Å². The molecular weight excluding hydrogens is 316 g/mol. The summed E-state index contributed by atoms with van der Waals surface area (Å²) in [5.41, 5.74) is 0. The van der Waals surface area contributed by atoms with Crippen LogP contribution in [0.15, 0.2) is 0 Å². The third-order valence-corrected chi connectivity index (χ3v) is 8.20. The molecule has 1 heteroatoms. The summed E-state index contributed by atoms with van der Waals surface area (Å²) in [4.78, 5) is 0. The number of rotatable bonds is 8. The highest BCUT2D eigenvalue weighted by Gasteiger charge is 2.31. The Labute approximate surface area is 164 Å². The fourth-order valence-electron chi connectivity index (χ4n) is 6.45. The van der Waals surface area contributed by atoms with Gasteiger partial charge in [-0.25, -0.2) is 0 Å². The maximum Gasteiger partial charge on any atom is 0.0575 e. The first-order chi connectivity index (χ1) is 12.8. The molecule has 3 fully saturated rings. The monoisotopic (exact) mass is 362 g/mol. The third-order valence-electron chi connectivity index (χ3n) is 8.20. The zero-order valence-electron chi connectivity index (χ0n) is 17.9. The van der Waals surface area contributed by atoms with Gasteiger partial charge in [0.25, 0.3) is 0 Å². The molecule has 3 aliphatic carbocycles. The van der Waals surface area contributed by atoms with Gasteiger partial charge in [0.05, 0.1) is 6.10 Å². The Morgan fingerprint density at radius 2 is 0.962 bits per heavy atom. The number of hydrogen-bond donors (Lipinski definition) is 0. The zero-order chi connectivity index (χ0) is 18.2. The van der Waals surface area contributed by atoms with E-state index in [0.717, 1.165) is 36.2 Å². The fraction of sp³-hybridized carbons (Fsp3) is 1.00. The van der Waals surface area contributed by atoms with Crippen LogP contribution in [0.2, 0.25) is 0 Å². The van der Waals surface area contributed by atoms with E-state index >= 15 is 0 Å². The maximum atomic E-state index is 6.37. The summed E-state index contributed by atoms with van der Waals surface area (Å²) in [5, 5.41) is 0. The van der Waals surface area contributed by atoms with Gasteiger partial charge in [-0.2, -0.15) is 0 Å². The second-order valence-corrected chi connectivity index (χ2v) is 10.1. The van der Waals surface area contributed by atoms with Crippen molar-refractivity contribution in [2.24, 2.45) is 29.6 Å². The molecule has 26 heavy (non-hydrogen) atoms. The van der Waals surface area contributed by atoms with Crippen LogP contribution in [-0.4, -0.2) is 12.7 Å². The molecule has 0 aromatic carbocycles. The minimum absolute atomic E-state index is 0.592. The Morgan fingerprint density at radius 3 is 1.42 bits per heavy atom. The first kappa shape index (κ1) is 20.7. The fourth-order valence-corrected chi connectivity index (χ4v) is 6.45. The Balaban J connectivity index is 1.27. The standard InChI is InChI=1S/C25H46O/c1-3-5-20-7-13-23(14-8-20)24-15-9-22(10-16-24)19-26-25-17-11-21(6-4-2)12-18-25/h20-25H,3-19H2,1-2H3. The van der Waals surface area contributed by atoms with Crippen LogP contribution in [0.5, 0.6) is 0 Å². The molecule has 1 nitrogen and oxygen atoms in total. The van der Waals surface area contributed by atoms with Crippen molar-refractivity contribution in [3.05, 3.63) is 0 Å². The summed E-state index contributed by atoms with van der Waals surface area (Å²) in [6, 6.07) is 0. The Hall–Kier alpha value is -0.0400. The van der Waals surface area contributed by atoms with Gasteiger partial charge in [-0.15, -0.1) is 0 Å². The molecule has 0 amide bonds. The average molecular weight is 363 g/mol. The van der Waals surface area contributed by atoms with Gasteiger partial charge in [-0.3, -0.25) is 0 Å². The van der Waals surface area contributed by atoms with Crippen LogP contribution in [0.3, 0.4) is 0 Å². The highest BCUT2D eigenvalue weighted by Crippen LogP contribution is 2.42. The van der Waals surface area contributed by atoms with Crippen molar-refractivity contribution in [1.82, 2.24) is 0 Å². The van der Waals surface area contributed by atoms with Crippen molar-refractivity contribution in [1.29, 1.82) is 0 Å². The Morgan fingerprint density at radius 1 is 0.538 bits per heavy atom. The lowest BCUT2D eigenvalue weighted by Crippen LogP contribution is -2.29. The van der Waals surface area contributed by atoms with Crippen molar-refractivity contribution in [3.63, 3.8) is 0 Å². The second kappa shape index (κ2) is 11.1. The van der Waals surface area contributed by atoms with E-state index in [1.54, 1.807) is 0 Å². The van der Waals surface area contributed by atoms with Crippen LogP contribution in [0, 0.1) is 29.6 Å². The Kier molecular flexibility index (Phi) is 8.82. The maximum absolute atomic E-state index is 6.37. The van der Waals surface area contributed by atoms with Crippen molar-refractivity contribution < 1.29 is 4.74 Å². The first-order valence-corrected chi connectivity index (χ1v) is 12.4. The van der Waals surface area contributed by atoms with Crippen LogP contribution in [0.1, 0.15) is 117 Å². The van der Waals surface area contributed by atoms with Crippen LogP contribution >= 0.6 is 0 Å². The van der Waals surface area contributed by atoms with E-state index in [0.29, 0.717) is 6.10 Å². The lowest BCUT2D eigenvalue weighted by molar-refractivity contribution is -0.0129. The van der Waals surface area contributed by atoms with E-state index in [1.807, 2.05) is 0 Å². The third kappa shape index (κ3) is 6.25. The molecule has 0 bridgehead atoms. The smallest absolute Gasteiger partial charge is 0.0575 e. The molecule has 0 radical (unpaired) electrons. The van der Waals surface area contributed by atoms with Crippen LogP contribution in [0.25, 0.3) is 0 Å². The second-order valence-electron chi connectivity index (χ2n) is 10.1. The minimum Gasteiger partial charge on any atom is -0.378 e. The molecule has 0 N–H and O–H groups in total. The highest BCUT2D eigenvalue weighted by molar-refractivity contribution is 4.82. The molecule has 0 aliphatic heterocycles. The SMILES string of the molecule is CCCC1CCC(OCC2CCC(C3CCC(CCC)CC3)CC2)CC1. The van der Waals surface area contributed by atoms with Gasteiger partial charge < -0.3 is 4.74 Å². The number of ether oxygens (including phenoxy) is 1. The molecule has 3 rings (SSSR count). The summed E-state index contributed by atoms with van der Waals surface area (Å²) >= 11 is 0. The van der Waals surface area contributed by atoms with Gasteiger partial charge in [0.15, 0.2) is 0 Å². The van der Waals surface area contributed by atoms with Crippen molar-refractivity contribution in [2.45, 2.75) is 123 Å². The van der Waals surface area contributed by atoms with Crippen LogP contribution in [-0.2, 0) is 4.74 Å². The summed E-state index contributed by atoms with van der Waals surface area (Å²) in [6.07, 6.45) is 23.8. The first-order valence-electron chi connectivity index (χ1n) is 12.4. The molecule has 0 aromatic rings. The van der Waals surface area contributed by atoms with E-state index in [2.05, 4.69) is 13.8 Å². The zero-order valence-corrected chi connectivity index (χ0v) is 17.9. The van der Waals surface area contributed by atoms with E-state index in [-0.39, 0.29) is 0 Å². The molecular formula is C25H46O. The van der Waals surface area contributed by atoms with E-state index < -0.39 is 0 Å². The van der Waals surface area contributed by atoms with E-state index in [9.17, 15) is 0 Å². The van der Waals surface area contributed by atoms with Crippen molar-refractivity contribution in [2.75, 3.05) is 6.61 Å². The molecule has 0 atom stereocenters. The summed E-state index contributed by atoms with van der Waals surface area (Å²) in [5.74, 6) is 5.06. The average Bonchev–Trinajstić information content (AvgIpc) is 2.69. The quantitative estimate of drug-likeness (QED) is 0.428. The normalized spacial score (nSPS) is 39.0. The van der Waals surface area contributed by atoms with Gasteiger partial charge in [-0.05, 0) is 93.8 Å². The number of hydrogen-bond acceptors (Lipinski definition) is 1. The predicted molar refractivity (Wildman–Crippen MR) is 112 cm³/mol. The van der Waals surface area contributed by atoms with Gasteiger partial charge in [0, 0.05) is 6.61 Å². The molecule has 0 unspecified atom stereocenters. The van der Waals surface area contributed by atoms with E-state index in [1.165, 1.54) is 103 Å².